The molecular formula is C17H20ClNO5S. The molecule has 2 rings (SSSR count). The lowest BCUT2D eigenvalue weighted by Gasteiger charge is -2.14. The summed E-state index contributed by atoms with van der Waals surface area (Å²) >= 11 is 5.90. The van der Waals surface area contributed by atoms with Crippen LogP contribution in [0.5, 0.6) is 17.2 Å². The molecule has 1 N–H and O–H groups in total. The number of hydrogen-bond acceptors (Lipinski definition) is 5. The number of sulfonamides is 1. The van der Waals surface area contributed by atoms with E-state index in [2.05, 4.69) is 4.72 Å². The highest BCUT2D eigenvalue weighted by Gasteiger charge is 2.20. The van der Waals surface area contributed by atoms with Crippen molar-refractivity contribution in [2.24, 2.45) is 0 Å². The number of nitrogens with one attached hydrogen (secondary N) is 1. The molecule has 0 saturated heterocycles. The van der Waals surface area contributed by atoms with Gasteiger partial charge in [-0.05, 0) is 36.2 Å². The lowest BCUT2D eigenvalue weighted by atomic mass is 10.1. The van der Waals surface area contributed by atoms with Crippen LogP contribution < -0.4 is 18.9 Å². The van der Waals surface area contributed by atoms with Crippen LogP contribution in [0, 0.1) is 0 Å². The molecule has 0 aliphatic carbocycles. The third-order valence-electron chi connectivity index (χ3n) is 3.59. The van der Waals surface area contributed by atoms with E-state index in [4.69, 9.17) is 25.8 Å². The summed E-state index contributed by atoms with van der Waals surface area (Å²) in [6.45, 7) is 0.182. The second kappa shape index (κ2) is 8.42. The van der Waals surface area contributed by atoms with Crippen LogP contribution in [0.15, 0.2) is 41.3 Å². The third-order valence-corrected chi connectivity index (χ3v) is 5.30. The van der Waals surface area contributed by atoms with Crippen molar-refractivity contribution in [2.75, 3.05) is 27.9 Å². The van der Waals surface area contributed by atoms with Crippen LogP contribution >= 0.6 is 11.6 Å². The minimum absolute atomic E-state index is 0.0000993. The Morgan fingerprint density at radius 2 is 1.72 bits per heavy atom. The normalized spacial score (nSPS) is 11.2. The second-order valence-electron chi connectivity index (χ2n) is 5.10. The summed E-state index contributed by atoms with van der Waals surface area (Å²) in [4.78, 5) is 0.0000993. The number of ether oxygens (including phenoxy) is 3. The standard InChI is InChI=1S/C17H20ClNO5S/c1-22-14-8-7-13(18)11-16(14)25(20,21)19-10-9-12-5-4-6-15(23-2)17(12)24-3/h4-8,11,19H,9-10H2,1-3H3. The van der Waals surface area contributed by atoms with Crippen LogP contribution in [0.3, 0.4) is 0 Å². The van der Waals surface area contributed by atoms with E-state index in [0.29, 0.717) is 22.9 Å². The smallest absolute Gasteiger partial charge is 0.244 e. The number of hydrogen-bond donors (Lipinski definition) is 1. The monoisotopic (exact) mass is 385 g/mol. The van der Waals surface area contributed by atoms with Gasteiger partial charge in [-0.1, -0.05) is 23.7 Å². The van der Waals surface area contributed by atoms with Crippen LogP contribution in [0.1, 0.15) is 5.56 Å². The molecule has 136 valence electrons. The van der Waals surface area contributed by atoms with Crippen LogP contribution in [0.4, 0.5) is 0 Å². The Morgan fingerprint density at radius 1 is 1.00 bits per heavy atom. The Morgan fingerprint density at radius 3 is 2.36 bits per heavy atom. The van der Waals surface area contributed by atoms with Crippen LogP contribution in [-0.4, -0.2) is 36.3 Å². The molecule has 0 bridgehead atoms. The lowest BCUT2D eigenvalue weighted by Crippen LogP contribution is -2.26. The zero-order valence-corrected chi connectivity index (χ0v) is 15.8. The first-order valence-electron chi connectivity index (χ1n) is 7.46. The lowest BCUT2D eigenvalue weighted by molar-refractivity contribution is 0.351. The molecule has 0 aliphatic rings. The van der Waals surface area contributed by atoms with Crippen molar-refractivity contribution in [3.63, 3.8) is 0 Å². The molecule has 2 aromatic carbocycles. The third kappa shape index (κ3) is 4.56. The molecule has 8 heteroatoms. The topological polar surface area (TPSA) is 73.9 Å². The van der Waals surface area contributed by atoms with E-state index in [1.807, 2.05) is 12.1 Å². The fourth-order valence-corrected chi connectivity index (χ4v) is 3.87. The van der Waals surface area contributed by atoms with Crippen molar-refractivity contribution >= 4 is 21.6 Å². The van der Waals surface area contributed by atoms with Gasteiger partial charge in [0, 0.05) is 11.6 Å². The quantitative estimate of drug-likeness (QED) is 0.756. The van der Waals surface area contributed by atoms with Crippen molar-refractivity contribution in [3.05, 3.63) is 47.0 Å². The molecule has 2 aromatic rings. The van der Waals surface area contributed by atoms with Crippen molar-refractivity contribution in [1.29, 1.82) is 0 Å². The molecule has 0 saturated carbocycles. The van der Waals surface area contributed by atoms with Gasteiger partial charge < -0.3 is 14.2 Å². The average molecular weight is 386 g/mol. The molecule has 25 heavy (non-hydrogen) atoms. The molecule has 0 amide bonds. The minimum atomic E-state index is -3.76. The first kappa shape index (κ1) is 19.4. The van der Waals surface area contributed by atoms with Crippen molar-refractivity contribution < 1.29 is 22.6 Å². The molecule has 0 aliphatic heterocycles. The van der Waals surface area contributed by atoms with Gasteiger partial charge in [0.05, 0.1) is 21.3 Å². The fourth-order valence-electron chi connectivity index (χ4n) is 2.41. The van der Waals surface area contributed by atoms with Crippen molar-refractivity contribution in [3.8, 4) is 17.2 Å². The summed E-state index contributed by atoms with van der Waals surface area (Å²) in [5.41, 5.74) is 0.836. The van der Waals surface area contributed by atoms with Crippen LogP contribution in [0.25, 0.3) is 0 Å². The number of rotatable bonds is 8. The average Bonchev–Trinajstić information content (AvgIpc) is 2.61. The maximum Gasteiger partial charge on any atom is 0.244 e. The van der Waals surface area contributed by atoms with E-state index in [-0.39, 0.29) is 17.2 Å². The Balaban J connectivity index is 2.15. The van der Waals surface area contributed by atoms with Gasteiger partial charge in [0.1, 0.15) is 10.6 Å². The van der Waals surface area contributed by atoms with Crippen LogP contribution in [0.2, 0.25) is 5.02 Å². The van der Waals surface area contributed by atoms with E-state index in [9.17, 15) is 8.42 Å². The SMILES string of the molecule is COc1ccc(Cl)cc1S(=O)(=O)NCCc1cccc(OC)c1OC. The minimum Gasteiger partial charge on any atom is -0.495 e. The van der Waals surface area contributed by atoms with Gasteiger partial charge in [-0.2, -0.15) is 0 Å². The Bertz CT molecular complexity index is 839. The summed E-state index contributed by atoms with van der Waals surface area (Å²) in [5, 5.41) is 0.315. The Labute approximate surface area is 152 Å². The summed E-state index contributed by atoms with van der Waals surface area (Å²) in [6.07, 6.45) is 0.433. The van der Waals surface area contributed by atoms with E-state index in [1.165, 1.54) is 19.2 Å². The van der Waals surface area contributed by atoms with Gasteiger partial charge in [0.2, 0.25) is 10.0 Å². The molecule has 0 aromatic heterocycles. The van der Waals surface area contributed by atoms with E-state index in [1.54, 1.807) is 26.4 Å². The Kier molecular flexibility index (Phi) is 6.52. The molecule has 0 spiro atoms. The highest BCUT2D eigenvalue weighted by atomic mass is 35.5. The number of halogens is 1. The van der Waals surface area contributed by atoms with Gasteiger partial charge in [-0.15, -0.1) is 0 Å². The summed E-state index contributed by atoms with van der Waals surface area (Å²) in [6, 6.07) is 9.90. The number of para-hydroxylation sites is 1. The van der Waals surface area contributed by atoms with Gasteiger partial charge in [-0.3, -0.25) is 0 Å². The number of methoxy groups -OCH3 is 3. The highest BCUT2D eigenvalue weighted by Crippen LogP contribution is 2.31. The van der Waals surface area contributed by atoms with Gasteiger partial charge in [0.15, 0.2) is 11.5 Å². The molecule has 0 radical (unpaired) electrons. The summed E-state index contributed by atoms with van der Waals surface area (Å²) in [7, 11) is 0.739. The predicted molar refractivity (Wildman–Crippen MR) is 96.4 cm³/mol. The second-order valence-corrected chi connectivity index (χ2v) is 7.27. The maximum atomic E-state index is 12.5. The van der Waals surface area contributed by atoms with Crippen molar-refractivity contribution in [1.82, 2.24) is 4.72 Å². The predicted octanol–water partition coefficient (Wildman–Crippen LogP) is 2.89. The number of benzene rings is 2. The first-order valence-corrected chi connectivity index (χ1v) is 9.32. The molecule has 0 fully saturated rings. The van der Waals surface area contributed by atoms with Crippen molar-refractivity contribution in [2.45, 2.75) is 11.3 Å². The first-order chi connectivity index (χ1) is 11.9. The molecule has 6 nitrogen and oxygen atoms in total. The zero-order valence-electron chi connectivity index (χ0n) is 14.2. The zero-order chi connectivity index (χ0) is 18.4. The maximum absolute atomic E-state index is 12.5. The van der Waals surface area contributed by atoms with E-state index < -0.39 is 10.0 Å². The fraction of sp³-hybridized carbons (Fsp3) is 0.294. The molecule has 0 heterocycles. The molecule has 0 unspecified atom stereocenters. The summed E-state index contributed by atoms with van der Waals surface area (Å²) in [5.74, 6) is 1.42. The van der Waals surface area contributed by atoms with Gasteiger partial charge in [0.25, 0.3) is 0 Å². The van der Waals surface area contributed by atoms with E-state index >= 15 is 0 Å². The highest BCUT2D eigenvalue weighted by molar-refractivity contribution is 7.89. The molecule has 0 atom stereocenters. The van der Waals surface area contributed by atoms with E-state index in [0.717, 1.165) is 5.56 Å². The van der Waals surface area contributed by atoms with Crippen LogP contribution in [-0.2, 0) is 16.4 Å². The Hall–Kier alpha value is -1.96. The molecular weight excluding hydrogens is 366 g/mol. The van der Waals surface area contributed by atoms with Gasteiger partial charge >= 0.3 is 0 Å². The van der Waals surface area contributed by atoms with Gasteiger partial charge in [-0.25, -0.2) is 13.1 Å². The largest absolute Gasteiger partial charge is 0.495 e. The summed E-state index contributed by atoms with van der Waals surface area (Å²) < 4.78 is 43.3.